The largest absolute Gasteiger partial charge is 0.326 e. The highest BCUT2D eigenvalue weighted by molar-refractivity contribution is 7.99. The molecule has 3 rings (SSSR count). The topological polar surface area (TPSA) is 72.2 Å². The fourth-order valence-corrected chi connectivity index (χ4v) is 2.85. The zero-order valence-electron chi connectivity index (χ0n) is 13.5. The van der Waals surface area contributed by atoms with Crippen LogP contribution in [-0.4, -0.2) is 31.2 Å². The molecular weight excluding hydrogens is 348 g/mol. The van der Waals surface area contributed by atoms with Gasteiger partial charge >= 0.3 is 0 Å². The predicted octanol–water partition coefficient (Wildman–Crippen LogP) is 3.24. The van der Waals surface area contributed by atoms with Gasteiger partial charge in [-0.1, -0.05) is 11.8 Å². The Morgan fingerprint density at radius 2 is 1.96 bits per heavy atom. The van der Waals surface area contributed by atoms with Gasteiger partial charge in [-0.25, -0.2) is 9.50 Å². The summed E-state index contributed by atoms with van der Waals surface area (Å²) in [5, 5.41) is 6.97. The highest BCUT2D eigenvalue weighted by Gasteiger charge is 2.12. The van der Waals surface area contributed by atoms with Crippen molar-refractivity contribution >= 4 is 29.1 Å². The summed E-state index contributed by atoms with van der Waals surface area (Å²) in [4.78, 5) is 21.1. The Bertz CT molecular complexity index is 911. The van der Waals surface area contributed by atoms with Crippen molar-refractivity contribution in [1.29, 1.82) is 0 Å². The monoisotopic (exact) mass is 363 g/mol. The lowest BCUT2D eigenvalue weighted by Gasteiger charge is -2.05. The molecule has 2 aromatic heterocycles. The third-order valence-electron chi connectivity index (χ3n) is 3.34. The number of alkyl halides is 2. The highest BCUT2D eigenvalue weighted by atomic mass is 32.2. The van der Waals surface area contributed by atoms with Gasteiger partial charge in [-0.2, -0.15) is 13.8 Å². The van der Waals surface area contributed by atoms with Gasteiger partial charge < -0.3 is 5.32 Å². The van der Waals surface area contributed by atoms with Crippen LogP contribution >= 0.6 is 11.8 Å². The Morgan fingerprint density at radius 1 is 1.24 bits per heavy atom. The molecule has 130 valence electrons. The average Bonchev–Trinajstić information content (AvgIpc) is 2.91. The van der Waals surface area contributed by atoms with E-state index in [4.69, 9.17) is 0 Å². The molecule has 0 saturated carbocycles. The van der Waals surface area contributed by atoms with E-state index in [-0.39, 0.29) is 12.3 Å². The van der Waals surface area contributed by atoms with Crippen molar-refractivity contribution in [2.75, 3.05) is 5.32 Å². The molecule has 0 unspecified atom stereocenters. The molecule has 1 amide bonds. The first-order valence-corrected chi connectivity index (χ1v) is 8.33. The lowest BCUT2D eigenvalue weighted by Crippen LogP contribution is -2.15. The number of amides is 1. The molecule has 9 heteroatoms. The Kier molecular flexibility index (Phi) is 4.93. The fraction of sp³-hybridized carbons (Fsp3) is 0.250. The smallest absolute Gasteiger partial charge is 0.288 e. The number of carbonyl (C=O) groups excluding carboxylic acids is 1. The standard InChI is InChI=1S/C16H15F2N5OS/c1-9-7-10(2)23-16(19-9)21-13(22-23)8-14(24)20-11-3-5-12(6-4-11)25-15(17)18/h3-7,15H,8H2,1-2H3,(H,20,24). The third-order valence-corrected chi connectivity index (χ3v) is 4.07. The maximum absolute atomic E-state index is 12.3. The highest BCUT2D eigenvalue weighted by Crippen LogP contribution is 2.26. The van der Waals surface area contributed by atoms with Crippen molar-refractivity contribution in [2.24, 2.45) is 0 Å². The van der Waals surface area contributed by atoms with Crippen molar-refractivity contribution in [1.82, 2.24) is 19.6 Å². The summed E-state index contributed by atoms with van der Waals surface area (Å²) >= 11 is 0.458. The summed E-state index contributed by atoms with van der Waals surface area (Å²) in [5.74, 6) is -1.95. The summed E-state index contributed by atoms with van der Waals surface area (Å²) in [5.41, 5.74) is 2.24. The summed E-state index contributed by atoms with van der Waals surface area (Å²) in [6.07, 6.45) is -0.00458. The minimum absolute atomic E-state index is 0.00458. The number of thioether (sulfide) groups is 1. The SMILES string of the molecule is Cc1cc(C)n2nc(CC(=O)Nc3ccc(SC(F)F)cc3)nc2n1. The number of fused-ring (bicyclic) bond motifs is 1. The van der Waals surface area contributed by atoms with Crippen molar-refractivity contribution < 1.29 is 13.6 Å². The van der Waals surface area contributed by atoms with Gasteiger partial charge in [-0.15, -0.1) is 5.10 Å². The number of aromatic nitrogens is 4. The van der Waals surface area contributed by atoms with Crippen LogP contribution in [0.4, 0.5) is 14.5 Å². The molecular formula is C16H15F2N5OS. The second-order valence-corrected chi connectivity index (χ2v) is 6.47. The molecule has 3 aromatic rings. The maximum atomic E-state index is 12.3. The zero-order chi connectivity index (χ0) is 18.0. The molecule has 0 fully saturated rings. The van der Waals surface area contributed by atoms with Gasteiger partial charge in [0.2, 0.25) is 5.91 Å². The molecule has 1 aromatic carbocycles. The molecule has 0 aliphatic heterocycles. The first-order valence-electron chi connectivity index (χ1n) is 7.45. The summed E-state index contributed by atoms with van der Waals surface area (Å²) < 4.78 is 26.2. The predicted molar refractivity (Wildman–Crippen MR) is 90.9 cm³/mol. The Labute approximate surface area is 146 Å². The van der Waals surface area contributed by atoms with Crippen molar-refractivity contribution in [3.8, 4) is 0 Å². The summed E-state index contributed by atoms with van der Waals surface area (Å²) in [6.45, 7) is 3.75. The van der Waals surface area contributed by atoms with E-state index in [1.165, 1.54) is 12.1 Å². The number of hydrogen-bond acceptors (Lipinski definition) is 5. The third kappa shape index (κ3) is 4.30. The molecule has 0 aliphatic carbocycles. The molecule has 0 saturated heterocycles. The van der Waals surface area contributed by atoms with Crippen molar-refractivity contribution in [3.63, 3.8) is 0 Å². The maximum Gasteiger partial charge on any atom is 0.288 e. The van der Waals surface area contributed by atoms with Crippen LogP contribution in [0, 0.1) is 13.8 Å². The van der Waals surface area contributed by atoms with Crippen LogP contribution in [-0.2, 0) is 11.2 Å². The second kappa shape index (κ2) is 7.14. The molecule has 25 heavy (non-hydrogen) atoms. The van der Waals surface area contributed by atoms with E-state index >= 15 is 0 Å². The first kappa shape index (κ1) is 17.3. The molecule has 0 radical (unpaired) electrons. The van der Waals surface area contributed by atoms with Crippen LogP contribution < -0.4 is 5.32 Å². The minimum atomic E-state index is -2.47. The number of nitrogens with zero attached hydrogens (tertiary/aromatic N) is 4. The summed E-state index contributed by atoms with van der Waals surface area (Å²) in [6, 6.07) is 8.10. The minimum Gasteiger partial charge on any atom is -0.326 e. The Balaban J connectivity index is 1.67. The van der Waals surface area contributed by atoms with Crippen molar-refractivity contribution in [3.05, 3.63) is 47.5 Å². The van der Waals surface area contributed by atoms with E-state index in [0.29, 0.717) is 33.9 Å². The normalized spacial score (nSPS) is 11.2. The molecule has 0 aliphatic rings. The molecule has 0 atom stereocenters. The molecule has 6 nitrogen and oxygen atoms in total. The molecule has 0 bridgehead atoms. The van der Waals surface area contributed by atoms with Crippen LogP contribution in [0.1, 0.15) is 17.2 Å². The first-order chi connectivity index (χ1) is 11.9. The second-order valence-electron chi connectivity index (χ2n) is 5.41. The Morgan fingerprint density at radius 3 is 2.64 bits per heavy atom. The van der Waals surface area contributed by atoms with Gasteiger partial charge in [0.1, 0.15) is 0 Å². The van der Waals surface area contributed by atoms with Crippen LogP contribution in [0.3, 0.4) is 0 Å². The summed E-state index contributed by atoms with van der Waals surface area (Å²) in [7, 11) is 0. The van der Waals surface area contributed by atoms with E-state index in [0.717, 1.165) is 11.4 Å². The van der Waals surface area contributed by atoms with Gasteiger partial charge in [-0.05, 0) is 44.2 Å². The molecule has 0 spiro atoms. The zero-order valence-corrected chi connectivity index (χ0v) is 14.3. The quantitative estimate of drug-likeness (QED) is 0.705. The molecule has 1 N–H and O–H groups in total. The number of halogens is 2. The molecule has 2 heterocycles. The van der Waals surface area contributed by atoms with Gasteiger partial charge in [0, 0.05) is 22.0 Å². The van der Waals surface area contributed by atoms with Crippen LogP contribution in [0.25, 0.3) is 5.78 Å². The van der Waals surface area contributed by atoms with E-state index in [1.54, 1.807) is 16.6 Å². The number of anilines is 1. The van der Waals surface area contributed by atoms with E-state index < -0.39 is 5.76 Å². The number of hydrogen-bond donors (Lipinski definition) is 1. The lowest BCUT2D eigenvalue weighted by molar-refractivity contribution is -0.115. The number of rotatable bonds is 5. The number of aryl methyl sites for hydroxylation is 2. The van der Waals surface area contributed by atoms with Crippen LogP contribution in [0.15, 0.2) is 35.2 Å². The van der Waals surface area contributed by atoms with Gasteiger partial charge in [-0.3, -0.25) is 4.79 Å². The van der Waals surface area contributed by atoms with Crippen LogP contribution in [0.2, 0.25) is 0 Å². The van der Waals surface area contributed by atoms with Crippen molar-refractivity contribution in [2.45, 2.75) is 30.9 Å². The fourth-order valence-electron chi connectivity index (χ4n) is 2.35. The van der Waals surface area contributed by atoms with Crippen LogP contribution in [0.5, 0.6) is 0 Å². The Hall–Kier alpha value is -2.55. The average molecular weight is 363 g/mol. The van der Waals surface area contributed by atoms with Gasteiger partial charge in [0.25, 0.3) is 11.5 Å². The lowest BCUT2D eigenvalue weighted by atomic mass is 10.3. The van der Waals surface area contributed by atoms with Gasteiger partial charge in [0.05, 0.1) is 6.42 Å². The number of benzene rings is 1. The van der Waals surface area contributed by atoms with E-state index in [9.17, 15) is 13.6 Å². The van der Waals surface area contributed by atoms with E-state index in [1.807, 2.05) is 19.9 Å². The van der Waals surface area contributed by atoms with E-state index in [2.05, 4.69) is 20.4 Å². The number of nitrogens with one attached hydrogen (secondary N) is 1. The van der Waals surface area contributed by atoms with Gasteiger partial charge in [0.15, 0.2) is 5.82 Å². The number of carbonyl (C=O) groups is 1.